The van der Waals surface area contributed by atoms with Crippen molar-refractivity contribution in [3.8, 4) is 0 Å². The largest absolute Gasteiger partial charge is 0.237 e. The standard InChI is InChI=1S/C20H23NOS/c22-23(19-6-5-17-3-1-2-4-18(17)10-19)21-20-11-14-7-15(12-20)9-16(8-14)13-20/h1-6,10,14-16,21H,7-9,11-13H2. The van der Waals surface area contributed by atoms with Gasteiger partial charge in [-0.3, -0.25) is 0 Å². The second-order valence-electron chi connectivity index (χ2n) is 8.08. The number of nitrogens with one attached hydrogen (secondary N) is 1. The predicted molar refractivity (Wildman–Crippen MR) is 94.4 cm³/mol. The van der Waals surface area contributed by atoms with Gasteiger partial charge in [-0.05, 0) is 79.2 Å². The molecule has 4 aliphatic carbocycles. The minimum absolute atomic E-state index is 0.144. The fourth-order valence-electron chi connectivity index (χ4n) is 5.77. The molecule has 2 aromatic rings. The normalized spacial score (nSPS) is 36.4. The molecule has 1 unspecified atom stereocenters. The van der Waals surface area contributed by atoms with E-state index in [4.69, 9.17) is 0 Å². The Kier molecular flexibility index (Phi) is 3.18. The van der Waals surface area contributed by atoms with Crippen LogP contribution < -0.4 is 4.72 Å². The van der Waals surface area contributed by atoms with Crippen LogP contribution in [0.4, 0.5) is 0 Å². The van der Waals surface area contributed by atoms with Gasteiger partial charge in [0.2, 0.25) is 0 Å². The van der Waals surface area contributed by atoms with Crippen LogP contribution in [0.1, 0.15) is 38.5 Å². The van der Waals surface area contributed by atoms with Gasteiger partial charge in [-0.1, -0.05) is 30.3 Å². The summed E-state index contributed by atoms with van der Waals surface area (Å²) in [5.41, 5.74) is 0.144. The molecule has 1 atom stereocenters. The summed E-state index contributed by atoms with van der Waals surface area (Å²) in [7, 11) is -1.10. The molecule has 0 aromatic heterocycles. The number of rotatable bonds is 3. The smallest absolute Gasteiger partial charge is 0.125 e. The first kappa shape index (κ1) is 14.2. The van der Waals surface area contributed by atoms with Crippen molar-refractivity contribution in [2.45, 2.75) is 49.0 Å². The van der Waals surface area contributed by atoms with Gasteiger partial charge in [-0.2, -0.15) is 0 Å². The zero-order valence-electron chi connectivity index (χ0n) is 13.3. The van der Waals surface area contributed by atoms with Gasteiger partial charge in [0.1, 0.15) is 11.0 Å². The SMILES string of the molecule is O=S(NC12CC3CC(CC(C3)C1)C2)c1ccc2ccccc2c1. The van der Waals surface area contributed by atoms with Gasteiger partial charge in [-0.15, -0.1) is 0 Å². The van der Waals surface area contributed by atoms with Crippen molar-refractivity contribution >= 4 is 21.8 Å². The van der Waals surface area contributed by atoms with Crippen LogP contribution in [0.2, 0.25) is 0 Å². The Morgan fingerprint density at radius 1 is 0.870 bits per heavy atom. The van der Waals surface area contributed by atoms with Crippen molar-refractivity contribution in [1.82, 2.24) is 4.72 Å². The van der Waals surface area contributed by atoms with E-state index in [1.165, 1.54) is 49.3 Å². The van der Waals surface area contributed by atoms with Crippen molar-refractivity contribution < 1.29 is 4.21 Å². The highest BCUT2D eigenvalue weighted by atomic mass is 32.2. The zero-order valence-corrected chi connectivity index (χ0v) is 14.1. The highest BCUT2D eigenvalue weighted by Gasteiger charge is 2.51. The lowest BCUT2D eigenvalue weighted by Crippen LogP contribution is -2.58. The lowest BCUT2D eigenvalue weighted by molar-refractivity contribution is -0.00748. The van der Waals surface area contributed by atoms with Gasteiger partial charge < -0.3 is 0 Å². The molecule has 0 spiro atoms. The molecule has 4 fully saturated rings. The molecule has 4 aliphatic rings. The maximum absolute atomic E-state index is 13.0. The number of hydrogen-bond acceptors (Lipinski definition) is 1. The summed E-state index contributed by atoms with van der Waals surface area (Å²) < 4.78 is 16.6. The molecule has 0 amide bonds. The van der Waals surface area contributed by atoms with Crippen molar-refractivity contribution in [2.75, 3.05) is 0 Å². The molecular formula is C20H23NOS. The summed E-state index contributed by atoms with van der Waals surface area (Å²) in [6, 6.07) is 14.5. The van der Waals surface area contributed by atoms with Gasteiger partial charge >= 0.3 is 0 Å². The van der Waals surface area contributed by atoms with E-state index in [-0.39, 0.29) is 5.54 Å². The van der Waals surface area contributed by atoms with E-state index in [1.54, 1.807) is 0 Å². The number of hydrogen-bond donors (Lipinski definition) is 1. The first-order chi connectivity index (χ1) is 11.2. The molecule has 6 rings (SSSR count). The molecule has 2 aromatic carbocycles. The third-order valence-corrected chi connectivity index (χ3v) is 7.58. The summed E-state index contributed by atoms with van der Waals surface area (Å²) in [5, 5.41) is 2.38. The third-order valence-electron chi connectivity index (χ3n) is 6.28. The summed E-state index contributed by atoms with van der Waals surface area (Å²) in [6.45, 7) is 0. The topological polar surface area (TPSA) is 29.1 Å². The summed E-state index contributed by atoms with van der Waals surface area (Å²) >= 11 is 0. The number of fused-ring (bicyclic) bond motifs is 1. The fourth-order valence-corrected chi connectivity index (χ4v) is 6.96. The Morgan fingerprint density at radius 3 is 2.13 bits per heavy atom. The van der Waals surface area contributed by atoms with Crippen molar-refractivity contribution in [2.24, 2.45) is 17.8 Å². The summed E-state index contributed by atoms with van der Waals surface area (Å²) in [5.74, 6) is 2.63. The predicted octanol–water partition coefficient (Wildman–Crippen LogP) is 4.42. The van der Waals surface area contributed by atoms with E-state index >= 15 is 0 Å². The zero-order chi connectivity index (χ0) is 15.4. The molecule has 2 nitrogen and oxygen atoms in total. The van der Waals surface area contributed by atoms with Crippen molar-refractivity contribution in [1.29, 1.82) is 0 Å². The van der Waals surface area contributed by atoms with Crippen LogP contribution in [0, 0.1) is 17.8 Å². The Labute approximate surface area is 140 Å². The second kappa shape index (κ2) is 5.15. The van der Waals surface area contributed by atoms with Gasteiger partial charge in [0.25, 0.3) is 0 Å². The third kappa shape index (κ3) is 2.45. The van der Waals surface area contributed by atoms with Crippen LogP contribution in [0.25, 0.3) is 10.8 Å². The van der Waals surface area contributed by atoms with Crippen LogP contribution in [-0.4, -0.2) is 9.75 Å². The summed E-state index contributed by atoms with van der Waals surface area (Å²) in [6.07, 6.45) is 7.96. The highest BCUT2D eigenvalue weighted by Crippen LogP contribution is 2.55. The monoisotopic (exact) mass is 325 g/mol. The Balaban J connectivity index is 1.42. The molecule has 3 heteroatoms. The minimum atomic E-state index is -1.10. The van der Waals surface area contributed by atoms with Crippen LogP contribution >= 0.6 is 0 Å². The lowest BCUT2D eigenvalue weighted by atomic mass is 9.53. The van der Waals surface area contributed by atoms with Crippen LogP contribution in [0.3, 0.4) is 0 Å². The molecule has 4 bridgehead atoms. The molecule has 120 valence electrons. The van der Waals surface area contributed by atoms with Crippen molar-refractivity contribution in [3.05, 3.63) is 42.5 Å². The first-order valence-corrected chi connectivity index (χ1v) is 10.0. The van der Waals surface area contributed by atoms with E-state index < -0.39 is 11.0 Å². The Bertz CT molecular complexity index is 749. The molecule has 23 heavy (non-hydrogen) atoms. The van der Waals surface area contributed by atoms with Gasteiger partial charge in [0.15, 0.2) is 0 Å². The highest BCUT2D eigenvalue weighted by molar-refractivity contribution is 7.83. The molecular weight excluding hydrogens is 302 g/mol. The van der Waals surface area contributed by atoms with Crippen LogP contribution in [0.15, 0.2) is 47.4 Å². The molecule has 1 N–H and O–H groups in total. The summed E-state index contributed by atoms with van der Waals surface area (Å²) in [4.78, 5) is 0.916. The van der Waals surface area contributed by atoms with E-state index in [0.29, 0.717) is 0 Å². The van der Waals surface area contributed by atoms with Gasteiger partial charge in [-0.25, -0.2) is 8.93 Å². The Hall–Kier alpha value is -1.19. The lowest BCUT2D eigenvalue weighted by Gasteiger charge is -2.56. The Morgan fingerprint density at radius 2 is 1.48 bits per heavy atom. The second-order valence-corrected chi connectivity index (χ2v) is 9.29. The van der Waals surface area contributed by atoms with E-state index in [2.05, 4.69) is 29.0 Å². The van der Waals surface area contributed by atoms with Crippen LogP contribution in [-0.2, 0) is 11.0 Å². The van der Waals surface area contributed by atoms with E-state index in [0.717, 1.165) is 22.6 Å². The molecule has 0 aliphatic heterocycles. The van der Waals surface area contributed by atoms with Gasteiger partial charge in [0.05, 0.1) is 4.90 Å². The fraction of sp³-hybridized carbons (Fsp3) is 0.500. The average Bonchev–Trinajstić information content (AvgIpc) is 2.52. The average molecular weight is 325 g/mol. The molecule has 0 radical (unpaired) electrons. The van der Waals surface area contributed by atoms with E-state index in [9.17, 15) is 4.21 Å². The maximum Gasteiger partial charge on any atom is 0.125 e. The van der Waals surface area contributed by atoms with Gasteiger partial charge in [0, 0.05) is 5.54 Å². The molecule has 4 saturated carbocycles. The quantitative estimate of drug-likeness (QED) is 0.889. The maximum atomic E-state index is 13.0. The van der Waals surface area contributed by atoms with Crippen LogP contribution in [0.5, 0.6) is 0 Å². The number of benzene rings is 2. The molecule has 0 saturated heterocycles. The van der Waals surface area contributed by atoms with Crippen molar-refractivity contribution in [3.63, 3.8) is 0 Å². The minimum Gasteiger partial charge on any atom is -0.237 e. The molecule has 0 heterocycles. The van der Waals surface area contributed by atoms with E-state index in [1.807, 2.05) is 18.2 Å². The first-order valence-electron chi connectivity index (χ1n) is 8.88.